The molecule has 0 amide bonds. The average Bonchev–Trinajstić information content (AvgIpc) is 3.77. The summed E-state index contributed by atoms with van der Waals surface area (Å²) < 4.78 is 6.18. The second kappa shape index (κ2) is 14.0. The number of furan rings is 1. The average molecular weight is 786 g/mol. The largest absolute Gasteiger partial charge is 0.456 e. The van der Waals surface area contributed by atoms with E-state index in [1.807, 2.05) is 12.1 Å². The van der Waals surface area contributed by atoms with Gasteiger partial charge in [-0.25, -0.2) is 0 Å². The smallest absolute Gasteiger partial charge is 0.135 e. The van der Waals surface area contributed by atoms with Crippen molar-refractivity contribution in [2.24, 2.45) is 0 Å². The molecule has 0 saturated carbocycles. The highest BCUT2D eigenvalue weighted by Crippen LogP contribution is 2.54. The predicted molar refractivity (Wildman–Crippen MR) is 258 cm³/mol. The first-order chi connectivity index (χ1) is 29.6. The van der Waals surface area contributed by atoms with Gasteiger partial charge in [0.1, 0.15) is 11.2 Å². The molecule has 9 aromatic carbocycles. The molecule has 0 aliphatic heterocycles. The molecule has 10 aromatic rings. The van der Waals surface area contributed by atoms with Crippen LogP contribution >= 0.6 is 0 Å². The number of hydrogen-bond donors (Lipinski definition) is 0. The van der Waals surface area contributed by atoms with Crippen molar-refractivity contribution >= 4 is 49.8 Å². The number of rotatable bonds is 6. The van der Waals surface area contributed by atoms with Gasteiger partial charge >= 0.3 is 0 Å². The van der Waals surface area contributed by atoms with E-state index < -0.39 is 0 Å². The third-order valence-electron chi connectivity index (χ3n) is 13.0. The zero-order chi connectivity index (χ0) is 41.5. The SMILES string of the molecule is CC(C)(C)c1ccc2c(c1)C(C)(C)c1cccc(-c3ccccc3N(c3ccc(-c4ccc5oc6ccccc6c5c4)cc3)c3cccc(-c4cccc5ccccc45)c3)c1-2. The zero-order valence-electron chi connectivity index (χ0n) is 35.3. The summed E-state index contributed by atoms with van der Waals surface area (Å²) in [5.74, 6) is 0. The Bertz CT molecular complexity index is 3320. The van der Waals surface area contributed by atoms with Crippen molar-refractivity contribution in [3.63, 3.8) is 0 Å². The Balaban J connectivity index is 1.09. The first-order valence-corrected chi connectivity index (χ1v) is 21.4. The second-order valence-electron chi connectivity index (χ2n) is 18.1. The monoisotopic (exact) mass is 785 g/mol. The van der Waals surface area contributed by atoms with Crippen LogP contribution < -0.4 is 4.90 Å². The molecule has 1 aliphatic carbocycles. The first-order valence-electron chi connectivity index (χ1n) is 21.4. The van der Waals surface area contributed by atoms with E-state index >= 15 is 0 Å². The zero-order valence-corrected chi connectivity index (χ0v) is 35.3. The number of hydrogen-bond acceptors (Lipinski definition) is 2. The maximum atomic E-state index is 6.18. The van der Waals surface area contributed by atoms with Gasteiger partial charge in [-0.1, -0.05) is 180 Å². The van der Waals surface area contributed by atoms with Gasteiger partial charge in [-0.15, -0.1) is 0 Å². The van der Waals surface area contributed by atoms with Crippen LogP contribution in [0.1, 0.15) is 51.3 Å². The number of anilines is 3. The molecule has 0 fully saturated rings. The molecule has 11 rings (SSSR count). The third kappa shape index (κ3) is 6.08. The lowest BCUT2D eigenvalue weighted by Gasteiger charge is -2.29. The summed E-state index contributed by atoms with van der Waals surface area (Å²) in [4.78, 5) is 2.45. The summed E-state index contributed by atoms with van der Waals surface area (Å²) in [5.41, 5.74) is 19.0. The Labute approximate surface area is 358 Å². The van der Waals surface area contributed by atoms with E-state index in [0.717, 1.165) is 50.1 Å². The van der Waals surface area contributed by atoms with Crippen molar-refractivity contribution < 1.29 is 4.42 Å². The molecule has 0 N–H and O–H groups in total. The fourth-order valence-electron chi connectivity index (χ4n) is 9.80. The standard InChI is InChI=1S/C59H47NO/c1-58(2,3)42-30-33-50-53(37-42)59(4,5)52-24-14-23-49(57(50)52)47-20-8-10-25-54(47)60(44-18-12-17-41(35-44)46-22-13-16-39-15-6-7-19-45(39)46)43-31-27-38(28-32-43)40-29-34-56-51(36-40)48-21-9-11-26-55(48)61-56/h6-37H,1-5H3. The number of benzene rings is 9. The fourth-order valence-corrected chi connectivity index (χ4v) is 9.80. The fraction of sp³-hybridized carbons (Fsp3) is 0.119. The lowest BCUT2D eigenvalue weighted by atomic mass is 9.79. The van der Waals surface area contributed by atoms with Crippen LogP contribution in [0.4, 0.5) is 17.1 Å². The van der Waals surface area contributed by atoms with Gasteiger partial charge < -0.3 is 9.32 Å². The molecule has 1 aromatic heterocycles. The van der Waals surface area contributed by atoms with Gasteiger partial charge in [0.2, 0.25) is 0 Å². The molecule has 0 radical (unpaired) electrons. The predicted octanol–water partition coefficient (Wildman–Crippen LogP) is 16.8. The van der Waals surface area contributed by atoms with E-state index in [9.17, 15) is 0 Å². The quantitative estimate of drug-likeness (QED) is 0.167. The lowest BCUT2D eigenvalue weighted by Crippen LogP contribution is -2.17. The Kier molecular flexibility index (Phi) is 8.44. The second-order valence-corrected chi connectivity index (χ2v) is 18.1. The number of nitrogens with zero attached hydrogens (tertiary/aromatic N) is 1. The Morgan fingerprint density at radius 1 is 0.426 bits per heavy atom. The lowest BCUT2D eigenvalue weighted by molar-refractivity contribution is 0.584. The van der Waals surface area contributed by atoms with Crippen LogP contribution in [-0.2, 0) is 10.8 Å². The van der Waals surface area contributed by atoms with Crippen molar-refractivity contribution in [1.82, 2.24) is 0 Å². The van der Waals surface area contributed by atoms with Gasteiger partial charge in [0.15, 0.2) is 0 Å². The topological polar surface area (TPSA) is 16.4 Å². The molecular weight excluding hydrogens is 739 g/mol. The van der Waals surface area contributed by atoms with Crippen LogP contribution in [0.2, 0.25) is 0 Å². The Hall–Kier alpha value is -7.16. The minimum atomic E-state index is -0.134. The van der Waals surface area contributed by atoms with Gasteiger partial charge in [0.05, 0.1) is 5.69 Å². The molecule has 1 heterocycles. The van der Waals surface area contributed by atoms with E-state index in [4.69, 9.17) is 4.42 Å². The molecule has 294 valence electrons. The molecule has 0 atom stereocenters. The van der Waals surface area contributed by atoms with Gasteiger partial charge in [-0.3, -0.25) is 0 Å². The third-order valence-corrected chi connectivity index (χ3v) is 13.0. The van der Waals surface area contributed by atoms with E-state index in [1.54, 1.807) is 0 Å². The van der Waals surface area contributed by atoms with Gasteiger partial charge in [-0.05, 0) is 120 Å². The van der Waals surface area contributed by atoms with Crippen LogP contribution in [0, 0.1) is 0 Å². The first kappa shape index (κ1) is 36.9. The molecule has 0 saturated heterocycles. The highest BCUT2D eigenvalue weighted by atomic mass is 16.3. The summed E-state index contributed by atoms with van der Waals surface area (Å²) in [5, 5.41) is 4.75. The van der Waals surface area contributed by atoms with Crippen LogP contribution in [0.15, 0.2) is 199 Å². The van der Waals surface area contributed by atoms with Gasteiger partial charge in [0.25, 0.3) is 0 Å². The van der Waals surface area contributed by atoms with E-state index in [0.29, 0.717) is 0 Å². The minimum absolute atomic E-state index is 0.0618. The van der Waals surface area contributed by atoms with E-state index in [1.165, 1.54) is 60.8 Å². The molecule has 1 aliphatic rings. The summed E-state index contributed by atoms with van der Waals surface area (Å²) in [6.45, 7) is 11.7. The van der Waals surface area contributed by atoms with Crippen molar-refractivity contribution in [3.8, 4) is 44.5 Å². The van der Waals surface area contributed by atoms with Gasteiger partial charge in [0, 0.05) is 33.1 Å². The number of para-hydroxylation sites is 2. The highest BCUT2D eigenvalue weighted by molar-refractivity contribution is 6.06. The molecule has 0 unspecified atom stereocenters. The Morgan fingerprint density at radius 2 is 1.10 bits per heavy atom. The molecule has 2 heteroatoms. The van der Waals surface area contributed by atoms with Crippen molar-refractivity contribution in [2.45, 2.75) is 45.4 Å². The highest BCUT2D eigenvalue weighted by Gasteiger charge is 2.38. The summed E-state index contributed by atoms with van der Waals surface area (Å²) in [6.07, 6.45) is 0. The minimum Gasteiger partial charge on any atom is -0.456 e. The normalized spacial score (nSPS) is 13.1. The summed E-state index contributed by atoms with van der Waals surface area (Å²) >= 11 is 0. The maximum Gasteiger partial charge on any atom is 0.135 e. The summed E-state index contributed by atoms with van der Waals surface area (Å²) in [6, 6.07) is 71.2. The van der Waals surface area contributed by atoms with E-state index in [2.05, 4.69) is 222 Å². The molecule has 61 heavy (non-hydrogen) atoms. The van der Waals surface area contributed by atoms with E-state index in [-0.39, 0.29) is 10.8 Å². The van der Waals surface area contributed by atoms with Crippen molar-refractivity contribution in [3.05, 3.63) is 211 Å². The van der Waals surface area contributed by atoms with Crippen LogP contribution in [0.5, 0.6) is 0 Å². The maximum absolute atomic E-state index is 6.18. The molecule has 2 nitrogen and oxygen atoms in total. The Morgan fingerprint density at radius 3 is 1.95 bits per heavy atom. The number of fused-ring (bicyclic) bond motifs is 7. The van der Waals surface area contributed by atoms with Crippen molar-refractivity contribution in [2.75, 3.05) is 4.90 Å². The van der Waals surface area contributed by atoms with Gasteiger partial charge in [-0.2, -0.15) is 0 Å². The van der Waals surface area contributed by atoms with Crippen LogP contribution in [-0.4, -0.2) is 0 Å². The van der Waals surface area contributed by atoms with Crippen LogP contribution in [0.25, 0.3) is 77.2 Å². The molecule has 0 spiro atoms. The summed E-state index contributed by atoms with van der Waals surface area (Å²) in [7, 11) is 0. The molecule has 0 bridgehead atoms. The molecular formula is C59H47NO. The van der Waals surface area contributed by atoms with Crippen LogP contribution in [0.3, 0.4) is 0 Å². The van der Waals surface area contributed by atoms with Crippen molar-refractivity contribution in [1.29, 1.82) is 0 Å².